The first kappa shape index (κ1) is 14.6. The van der Waals surface area contributed by atoms with Gasteiger partial charge in [0.15, 0.2) is 0 Å². The largest absolute Gasteiger partial charge is 0.386 e. The molecule has 0 spiro atoms. The Hall–Kier alpha value is -1.49. The molecule has 1 rings (SSSR count). The quantitative estimate of drug-likeness (QED) is 0.821. The second-order valence-electron chi connectivity index (χ2n) is 4.09. The van der Waals surface area contributed by atoms with Gasteiger partial charge in [0.2, 0.25) is 5.91 Å². The van der Waals surface area contributed by atoms with Gasteiger partial charge in [0.05, 0.1) is 6.10 Å². The highest BCUT2D eigenvalue weighted by Gasteiger charge is 2.14. The summed E-state index contributed by atoms with van der Waals surface area (Å²) >= 11 is 0. The molecular weight excluding hydrogens is 240 g/mol. The predicted octanol–water partition coefficient (Wildman–Crippen LogP) is 2.30. The maximum absolute atomic E-state index is 13.3. The minimum Gasteiger partial charge on any atom is -0.386 e. The maximum atomic E-state index is 13.3. The number of hydrogen-bond acceptors (Lipinski definition) is 2. The summed E-state index contributed by atoms with van der Waals surface area (Å²) in [5.41, 5.74) is -0.147. The summed E-state index contributed by atoms with van der Waals surface area (Å²) in [6.45, 7) is 1.84. The van der Waals surface area contributed by atoms with E-state index in [1.54, 1.807) is 0 Å². The van der Waals surface area contributed by atoms with Gasteiger partial charge in [-0.05, 0) is 24.6 Å². The smallest absolute Gasteiger partial charge is 0.220 e. The molecule has 0 bridgehead atoms. The van der Waals surface area contributed by atoms with E-state index in [1.165, 1.54) is 0 Å². The third kappa shape index (κ3) is 4.41. The lowest BCUT2D eigenvalue weighted by atomic mass is 10.1. The Morgan fingerprint density at radius 2 is 2.17 bits per heavy atom. The van der Waals surface area contributed by atoms with Gasteiger partial charge in [-0.1, -0.05) is 13.3 Å². The zero-order valence-electron chi connectivity index (χ0n) is 10.2. The third-order valence-corrected chi connectivity index (χ3v) is 2.57. The van der Waals surface area contributed by atoms with Crippen LogP contribution in [0.3, 0.4) is 0 Å². The Balaban J connectivity index is 2.52. The minimum absolute atomic E-state index is 0.122. The summed E-state index contributed by atoms with van der Waals surface area (Å²) in [5, 5.41) is 12.2. The third-order valence-electron chi connectivity index (χ3n) is 2.57. The van der Waals surface area contributed by atoms with Crippen molar-refractivity contribution in [1.82, 2.24) is 5.32 Å². The molecule has 3 nitrogen and oxygen atoms in total. The molecule has 0 aliphatic heterocycles. The molecule has 1 atom stereocenters. The molecule has 0 fully saturated rings. The van der Waals surface area contributed by atoms with Crippen molar-refractivity contribution in [3.8, 4) is 0 Å². The fourth-order valence-electron chi connectivity index (χ4n) is 1.52. The monoisotopic (exact) mass is 257 g/mol. The number of aliphatic hydroxyl groups is 1. The van der Waals surface area contributed by atoms with E-state index in [2.05, 4.69) is 5.32 Å². The molecule has 0 aliphatic rings. The summed E-state index contributed by atoms with van der Waals surface area (Å²) in [4.78, 5) is 11.3. The average Bonchev–Trinajstić information content (AvgIpc) is 2.36. The first-order valence-electron chi connectivity index (χ1n) is 5.94. The Labute approximate surface area is 105 Å². The Morgan fingerprint density at radius 1 is 1.44 bits per heavy atom. The molecule has 18 heavy (non-hydrogen) atoms. The second-order valence-corrected chi connectivity index (χ2v) is 4.09. The van der Waals surface area contributed by atoms with E-state index >= 15 is 0 Å². The Bertz CT molecular complexity index is 410. The van der Waals surface area contributed by atoms with Gasteiger partial charge < -0.3 is 10.4 Å². The van der Waals surface area contributed by atoms with Crippen molar-refractivity contribution in [1.29, 1.82) is 0 Å². The van der Waals surface area contributed by atoms with Crippen LogP contribution in [0.15, 0.2) is 18.2 Å². The highest BCUT2D eigenvalue weighted by Crippen LogP contribution is 2.17. The van der Waals surface area contributed by atoms with E-state index in [0.29, 0.717) is 6.42 Å². The van der Waals surface area contributed by atoms with Crippen LogP contribution in [-0.2, 0) is 4.79 Å². The SMILES string of the molecule is CCCCC(=O)NCC(O)c1cc(F)ccc1F. The summed E-state index contributed by atoms with van der Waals surface area (Å²) < 4.78 is 26.2. The van der Waals surface area contributed by atoms with Crippen LogP contribution in [0.2, 0.25) is 0 Å². The number of amides is 1. The zero-order valence-corrected chi connectivity index (χ0v) is 10.2. The normalized spacial score (nSPS) is 12.2. The first-order chi connectivity index (χ1) is 8.54. The van der Waals surface area contributed by atoms with Crippen LogP contribution in [-0.4, -0.2) is 17.6 Å². The van der Waals surface area contributed by atoms with E-state index < -0.39 is 17.7 Å². The Morgan fingerprint density at radius 3 is 2.83 bits per heavy atom. The fourth-order valence-corrected chi connectivity index (χ4v) is 1.52. The number of benzene rings is 1. The van der Waals surface area contributed by atoms with E-state index in [0.717, 1.165) is 31.0 Å². The summed E-state index contributed by atoms with van der Waals surface area (Å²) in [6, 6.07) is 2.86. The first-order valence-corrected chi connectivity index (χ1v) is 5.94. The molecule has 0 aromatic heterocycles. The van der Waals surface area contributed by atoms with Crippen LogP contribution in [0, 0.1) is 11.6 Å². The van der Waals surface area contributed by atoms with Crippen LogP contribution in [0.5, 0.6) is 0 Å². The van der Waals surface area contributed by atoms with Crippen LogP contribution in [0.1, 0.15) is 37.9 Å². The number of carbonyl (C=O) groups excluding carboxylic acids is 1. The lowest BCUT2D eigenvalue weighted by molar-refractivity contribution is -0.121. The highest BCUT2D eigenvalue weighted by molar-refractivity contribution is 5.75. The van der Waals surface area contributed by atoms with Crippen molar-refractivity contribution in [2.45, 2.75) is 32.3 Å². The minimum atomic E-state index is -1.24. The van der Waals surface area contributed by atoms with Gasteiger partial charge in [-0.25, -0.2) is 8.78 Å². The number of rotatable bonds is 6. The summed E-state index contributed by atoms with van der Waals surface area (Å²) in [5.74, 6) is -1.51. The maximum Gasteiger partial charge on any atom is 0.220 e. The van der Waals surface area contributed by atoms with Gasteiger partial charge in [-0.3, -0.25) is 4.79 Å². The van der Waals surface area contributed by atoms with Crippen LogP contribution >= 0.6 is 0 Å². The fraction of sp³-hybridized carbons (Fsp3) is 0.462. The molecule has 0 saturated carbocycles. The van der Waals surface area contributed by atoms with Crippen molar-refractivity contribution >= 4 is 5.91 Å². The molecule has 0 aliphatic carbocycles. The molecule has 0 radical (unpaired) electrons. The van der Waals surface area contributed by atoms with Gasteiger partial charge in [0.25, 0.3) is 0 Å². The summed E-state index contributed by atoms with van der Waals surface area (Å²) in [7, 11) is 0. The van der Waals surface area contributed by atoms with Crippen LogP contribution in [0.4, 0.5) is 8.78 Å². The van der Waals surface area contributed by atoms with Gasteiger partial charge >= 0.3 is 0 Å². The summed E-state index contributed by atoms with van der Waals surface area (Å²) in [6.07, 6.45) is 0.783. The van der Waals surface area contributed by atoms with Crippen molar-refractivity contribution < 1.29 is 18.7 Å². The lowest BCUT2D eigenvalue weighted by Crippen LogP contribution is -2.28. The van der Waals surface area contributed by atoms with Crippen LogP contribution < -0.4 is 5.32 Å². The Kier molecular flexibility index (Phi) is 5.71. The van der Waals surface area contributed by atoms with E-state index in [9.17, 15) is 18.7 Å². The standard InChI is InChI=1S/C13H17F2NO2/c1-2-3-4-13(18)16-8-12(17)10-7-9(14)5-6-11(10)15/h5-7,12,17H,2-4,8H2,1H3,(H,16,18). The average molecular weight is 257 g/mol. The number of hydrogen-bond donors (Lipinski definition) is 2. The topological polar surface area (TPSA) is 49.3 Å². The lowest BCUT2D eigenvalue weighted by Gasteiger charge is -2.13. The van der Waals surface area contributed by atoms with Gasteiger partial charge in [0.1, 0.15) is 11.6 Å². The molecule has 1 aromatic carbocycles. The highest BCUT2D eigenvalue weighted by atomic mass is 19.1. The molecule has 1 unspecified atom stereocenters. The molecule has 1 amide bonds. The van der Waals surface area contributed by atoms with Gasteiger partial charge in [0, 0.05) is 18.5 Å². The number of carbonyl (C=O) groups is 1. The molecule has 1 aromatic rings. The van der Waals surface area contributed by atoms with E-state index in [1.807, 2.05) is 6.92 Å². The van der Waals surface area contributed by atoms with E-state index in [-0.39, 0.29) is 18.0 Å². The van der Waals surface area contributed by atoms with E-state index in [4.69, 9.17) is 0 Å². The molecule has 2 N–H and O–H groups in total. The molecule has 5 heteroatoms. The predicted molar refractivity (Wildman–Crippen MR) is 63.9 cm³/mol. The van der Waals surface area contributed by atoms with Crippen LogP contribution in [0.25, 0.3) is 0 Å². The van der Waals surface area contributed by atoms with Crippen molar-refractivity contribution in [2.75, 3.05) is 6.54 Å². The second kappa shape index (κ2) is 7.06. The van der Waals surface area contributed by atoms with Gasteiger partial charge in [-0.2, -0.15) is 0 Å². The van der Waals surface area contributed by atoms with Crippen molar-refractivity contribution in [3.05, 3.63) is 35.4 Å². The molecular formula is C13H17F2NO2. The van der Waals surface area contributed by atoms with Crippen molar-refractivity contribution in [2.24, 2.45) is 0 Å². The zero-order chi connectivity index (χ0) is 13.5. The van der Waals surface area contributed by atoms with Crippen molar-refractivity contribution in [3.63, 3.8) is 0 Å². The molecule has 100 valence electrons. The number of aliphatic hydroxyl groups excluding tert-OH is 1. The number of halogens is 2. The molecule has 0 saturated heterocycles. The number of unbranched alkanes of at least 4 members (excludes halogenated alkanes) is 1. The number of nitrogens with one attached hydrogen (secondary N) is 1. The van der Waals surface area contributed by atoms with Gasteiger partial charge in [-0.15, -0.1) is 0 Å². The molecule has 0 heterocycles.